The van der Waals surface area contributed by atoms with Crippen LogP contribution >= 0.6 is 11.3 Å². The molecule has 0 spiro atoms. The van der Waals surface area contributed by atoms with Crippen LogP contribution in [0.3, 0.4) is 0 Å². The first-order valence-electron chi connectivity index (χ1n) is 21.0. The molecule has 0 aliphatic heterocycles. The molecule has 0 saturated carbocycles. The van der Waals surface area contributed by atoms with Crippen molar-refractivity contribution in [1.82, 2.24) is 4.57 Å². The van der Waals surface area contributed by atoms with E-state index in [1.165, 1.54) is 113 Å². The SMILES string of the molecule is C=Cc1c(/C=C\C)c(-c2cccc3c2sc2cccc(-c4c5ccccc5c(-c5ccccc5)c5ccccc45)c23)c2ccccc2c1-n1c2ccccc2c2ccccc21. The molecule has 12 rings (SSSR count). The van der Waals surface area contributed by atoms with E-state index in [-0.39, 0.29) is 0 Å². The van der Waals surface area contributed by atoms with Crippen molar-refractivity contribution in [3.8, 4) is 39.1 Å². The lowest BCUT2D eigenvalue weighted by Crippen LogP contribution is -2.03. The molecule has 10 aromatic carbocycles. The van der Waals surface area contributed by atoms with Crippen LogP contribution in [0.4, 0.5) is 0 Å². The van der Waals surface area contributed by atoms with Crippen molar-refractivity contribution in [3.63, 3.8) is 0 Å². The van der Waals surface area contributed by atoms with Gasteiger partial charge in [0.15, 0.2) is 0 Å². The molecule has 2 heteroatoms. The van der Waals surface area contributed by atoms with Crippen LogP contribution in [0.15, 0.2) is 201 Å². The van der Waals surface area contributed by atoms with Crippen LogP contribution in [-0.2, 0) is 0 Å². The highest BCUT2D eigenvalue weighted by atomic mass is 32.1. The summed E-state index contributed by atoms with van der Waals surface area (Å²) in [7, 11) is 0. The number of aromatic nitrogens is 1. The van der Waals surface area contributed by atoms with Crippen molar-refractivity contribution < 1.29 is 0 Å². The smallest absolute Gasteiger partial charge is 0.0619 e. The van der Waals surface area contributed by atoms with E-state index in [1.807, 2.05) is 11.3 Å². The first kappa shape index (κ1) is 35.4. The average molecular weight is 794 g/mol. The molecule has 286 valence electrons. The summed E-state index contributed by atoms with van der Waals surface area (Å²) in [5.41, 5.74) is 13.4. The van der Waals surface area contributed by atoms with Crippen molar-refractivity contribution in [1.29, 1.82) is 0 Å². The second kappa shape index (κ2) is 14.1. The summed E-state index contributed by atoms with van der Waals surface area (Å²) in [6, 6.07) is 69.2. The maximum absolute atomic E-state index is 4.52. The molecular formula is C59H39NS. The second-order valence-electron chi connectivity index (χ2n) is 15.8. The van der Waals surface area contributed by atoms with Crippen molar-refractivity contribution in [2.75, 3.05) is 0 Å². The summed E-state index contributed by atoms with van der Waals surface area (Å²) in [5, 5.41) is 12.5. The number of allylic oxidation sites excluding steroid dienone is 1. The fourth-order valence-corrected chi connectivity index (χ4v) is 11.5. The van der Waals surface area contributed by atoms with Gasteiger partial charge in [0.2, 0.25) is 0 Å². The summed E-state index contributed by atoms with van der Waals surface area (Å²) in [6.07, 6.45) is 6.54. The normalized spacial score (nSPS) is 12.0. The van der Waals surface area contributed by atoms with Crippen molar-refractivity contribution in [2.24, 2.45) is 0 Å². The van der Waals surface area contributed by atoms with Gasteiger partial charge in [0.25, 0.3) is 0 Å². The Hall–Kier alpha value is -7.52. The lowest BCUT2D eigenvalue weighted by Gasteiger charge is -2.22. The Balaban J connectivity index is 1.18. The fourth-order valence-electron chi connectivity index (χ4n) is 10.3. The zero-order chi connectivity index (χ0) is 40.6. The summed E-state index contributed by atoms with van der Waals surface area (Å²) < 4.78 is 5.03. The third kappa shape index (κ3) is 5.19. The third-order valence-electron chi connectivity index (χ3n) is 12.7. The van der Waals surface area contributed by atoms with Gasteiger partial charge in [0.05, 0.1) is 16.7 Å². The second-order valence-corrected chi connectivity index (χ2v) is 16.9. The van der Waals surface area contributed by atoms with Crippen LogP contribution in [0.25, 0.3) is 126 Å². The summed E-state index contributed by atoms with van der Waals surface area (Å²) in [4.78, 5) is 0. The van der Waals surface area contributed by atoms with Crippen LogP contribution in [-0.4, -0.2) is 4.57 Å². The largest absolute Gasteiger partial charge is 0.308 e. The Morgan fingerprint density at radius 3 is 1.52 bits per heavy atom. The Morgan fingerprint density at radius 2 is 0.918 bits per heavy atom. The van der Waals surface area contributed by atoms with Crippen LogP contribution in [0, 0.1) is 0 Å². The predicted octanol–water partition coefficient (Wildman–Crippen LogP) is 17.3. The molecule has 61 heavy (non-hydrogen) atoms. The standard InChI is InChI=1S/C59H39NS/c1-3-20-41-38(4-2)58(60-51-34-16-14-23-39(51)40-24-15-17-35-52(40)60)47-30-13-12-29-46(47)56(41)49-32-18-33-50-57-48(31-19-36-53(57)61-59(49)50)55-44-27-10-8-25-42(44)54(37-21-6-5-7-22-37)43-26-9-11-28-45(43)55/h3-36H,2H2,1H3/b20-3-. The molecule has 2 heterocycles. The fraction of sp³-hybridized carbons (Fsp3) is 0.0169. The Bertz CT molecular complexity index is 3670. The van der Waals surface area contributed by atoms with Crippen molar-refractivity contribution >= 4 is 97.8 Å². The van der Waals surface area contributed by atoms with Gasteiger partial charge in [0, 0.05) is 47.5 Å². The average Bonchev–Trinajstić information content (AvgIpc) is 3.87. The van der Waals surface area contributed by atoms with Crippen LogP contribution in [0.5, 0.6) is 0 Å². The molecule has 0 unspecified atom stereocenters. The monoisotopic (exact) mass is 793 g/mol. The van der Waals surface area contributed by atoms with E-state index in [1.54, 1.807) is 0 Å². The molecule has 0 bridgehead atoms. The topological polar surface area (TPSA) is 4.93 Å². The van der Waals surface area contributed by atoms with Crippen LogP contribution in [0.2, 0.25) is 0 Å². The van der Waals surface area contributed by atoms with Gasteiger partial charge < -0.3 is 4.57 Å². The van der Waals surface area contributed by atoms with Gasteiger partial charge in [0.1, 0.15) is 0 Å². The maximum Gasteiger partial charge on any atom is 0.0619 e. The lowest BCUT2D eigenvalue weighted by atomic mass is 9.84. The van der Waals surface area contributed by atoms with E-state index in [4.69, 9.17) is 0 Å². The van der Waals surface area contributed by atoms with Crippen molar-refractivity contribution in [3.05, 3.63) is 212 Å². The lowest BCUT2D eigenvalue weighted by molar-refractivity contribution is 1.19. The number of thiophene rings is 1. The Morgan fingerprint density at radius 1 is 0.426 bits per heavy atom. The molecule has 0 aliphatic carbocycles. The Kier molecular flexibility index (Phi) is 8.16. The number of fused-ring (bicyclic) bond motifs is 9. The third-order valence-corrected chi connectivity index (χ3v) is 13.9. The molecule has 0 radical (unpaired) electrons. The van der Waals surface area contributed by atoms with Crippen LogP contribution < -0.4 is 0 Å². The molecule has 0 saturated heterocycles. The van der Waals surface area contributed by atoms with E-state index in [0.29, 0.717) is 0 Å². The first-order valence-corrected chi connectivity index (χ1v) is 21.8. The van der Waals surface area contributed by atoms with E-state index >= 15 is 0 Å². The van der Waals surface area contributed by atoms with Gasteiger partial charge in [-0.2, -0.15) is 0 Å². The van der Waals surface area contributed by atoms with Crippen LogP contribution in [0.1, 0.15) is 18.1 Å². The Labute approximate surface area is 358 Å². The molecule has 0 amide bonds. The molecule has 1 nitrogen and oxygen atoms in total. The molecule has 2 aromatic heterocycles. The van der Waals surface area contributed by atoms with Gasteiger partial charge in [-0.15, -0.1) is 11.3 Å². The molecule has 0 fully saturated rings. The minimum atomic E-state index is 1.12. The highest BCUT2D eigenvalue weighted by Crippen LogP contribution is 2.51. The van der Waals surface area contributed by atoms with Gasteiger partial charge in [-0.25, -0.2) is 0 Å². The van der Waals surface area contributed by atoms with Gasteiger partial charge >= 0.3 is 0 Å². The van der Waals surface area contributed by atoms with Crippen molar-refractivity contribution in [2.45, 2.75) is 6.92 Å². The number of para-hydroxylation sites is 2. The zero-order valence-electron chi connectivity index (χ0n) is 33.7. The molecule has 0 N–H and O–H groups in total. The molecular weight excluding hydrogens is 755 g/mol. The van der Waals surface area contributed by atoms with E-state index in [0.717, 1.165) is 11.3 Å². The summed E-state index contributed by atoms with van der Waals surface area (Å²) >= 11 is 1.90. The summed E-state index contributed by atoms with van der Waals surface area (Å²) in [6.45, 7) is 6.64. The number of rotatable bonds is 6. The number of hydrogen-bond acceptors (Lipinski definition) is 1. The summed E-state index contributed by atoms with van der Waals surface area (Å²) in [5.74, 6) is 0. The predicted molar refractivity (Wildman–Crippen MR) is 267 cm³/mol. The van der Waals surface area contributed by atoms with Gasteiger partial charge in [-0.1, -0.05) is 195 Å². The van der Waals surface area contributed by atoms with Gasteiger partial charge in [-0.05, 0) is 85.4 Å². The highest BCUT2D eigenvalue weighted by molar-refractivity contribution is 7.26. The molecule has 0 aliphatic rings. The zero-order valence-corrected chi connectivity index (χ0v) is 34.5. The number of nitrogens with zero attached hydrogens (tertiary/aromatic N) is 1. The first-order chi connectivity index (χ1) is 30.2. The molecule has 12 aromatic rings. The van der Waals surface area contributed by atoms with E-state index < -0.39 is 0 Å². The minimum Gasteiger partial charge on any atom is -0.308 e. The molecule has 0 atom stereocenters. The minimum absolute atomic E-state index is 1.12. The maximum atomic E-state index is 4.52. The quantitative estimate of drug-likeness (QED) is 0.148. The highest BCUT2D eigenvalue weighted by Gasteiger charge is 2.25. The van der Waals surface area contributed by atoms with E-state index in [9.17, 15) is 0 Å². The number of benzene rings is 10. The van der Waals surface area contributed by atoms with Gasteiger partial charge in [-0.3, -0.25) is 0 Å². The number of hydrogen-bond donors (Lipinski definition) is 0. The van der Waals surface area contributed by atoms with E-state index in [2.05, 4.69) is 224 Å².